The van der Waals surface area contributed by atoms with Gasteiger partial charge in [-0.25, -0.2) is 4.98 Å². The third-order valence-corrected chi connectivity index (χ3v) is 4.71. The fraction of sp³-hybridized carbons (Fsp3) is 0.545. The maximum atomic E-state index is 4.38. The Labute approximate surface area is 97.4 Å². The van der Waals surface area contributed by atoms with E-state index in [0.717, 1.165) is 11.8 Å². The number of allylic oxidation sites excluding steroid dienone is 2. The van der Waals surface area contributed by atoms with Crippen LogP contribution in [-0.4, -0.2) is 10.3 Å². The number of hydrogen-bond donors (Lipinski definition) is 0. The quantitative estimate of drug-likeness (QED) is 0.602. The Morgan fingerprint density at radius 3 is 3.00 bits per heavy atom. The van der Waals surface area contributed by atoms with Gasteiger partial charge in [-0.3, -0.25) is 0 Å². The number of nitrogens with zero attached hydrogens (tertiary/aromatic N) is 1. The molecular formula is C11H14BrNS. The molecule has 1 atom stereocenters. The molecule has 1 unspecified atom stereocenters. The summed E-state index contributed by atoms with van der Waals surface area (Å²) in [6.45, 7) is 0. The lowest BCUT2D eigenvalue weighted by Crippen LogP contribution is -2.26. The van der Waals surface area contributed by atoms with Crippen LogP contribution in [0.4, 0.5) is 0 Å². The first-order valence-corrected chi connectivity index (χ1v) is 6.99. The van der Waals surface area contributed by atoms with Crippen LogP contribution < -0.4 is 0 Å². The van der Waals surface area contributed by atoms with Gasteiger partial charge in [0.15, 0.2) is 0 Å². The molecule has 0 aromatic carbocycles. The van der Waals surface area contributed by atoms with Crippen molar-refractivity contribution >= 4 is 27.3 Å². The second-order valence-electron chi connectivity index (χ2n) is 4.00. The lowest BCUT2D eigenvalue weighted by atomic mass is 9.75. The van der Waals surface area contributed by atoms with E-state index in [4.69, 9.17) is 0 Å². The Morgan fingerprint density at radius 1 is 1.50 bits per heavy atom. The minimum atomic E-state index is 0.419. The monoisotopic (exact) mass is 271 g/mol. The molecule has 1 heterocycles. The van der Waals surface area contributed by atoms with Gasteiger partial charge >= 0.3 is 0 Å². The standard InChI is InChI=1S/C11H14BrNS/c12-8-11(4-2-1-3-5-11)6-10-7-14-9-13-10/h1-2,7,9H,3-6,8H2. The van der Waals surface area contributed by atoms with E-state index in [1.807, 2.05) is 5.51 Å². The molecule has 76 valence electrons. The fourth-order valence-electron chi connectivity index (χ4n) is 1.98. The molecule has 1 aliphatic carbocycles. The lowest BCUT2D eigenvalue weighted by Gasteiger charge is -2.32. The van der Waals surface area contributed by atoms with E-state index in [-0.39, 0.29) is 0 Å². The maximum Gasteiger partial charge on any atom is 0.0794 e. The second-order valence-corrected chi connectivity index (χ2v) is 5.28. The minimum absolute atomic E-state index is 0.419. The third kappa shape index (κ3) is 2.26. The van der Waals surface area contributed by atoms with Crippen LogP contribution in [-0.2, 0) is 6.42 Å². The molecule has 0 saturated carbocycles. The van der Waals surface area contributed by atoms with Gasteiger partial charge in [0.2, 0.25) is 0 Å². The summed E-state index contributed by atoms with van der Waals surface area (Å²) in [5.41, 5.74) is 3.60. The van der Waals surface area contributed by atoms with Crippen LogP contribution in [0, 0.1) is 5.41 Å². The zero-order chi connectivity index (χ0) is 9.86. The molecule has 0 fully saturated rings. The number of alkyl halides is 1. The van der Waals surface area contributed by atoms with Crippen LogP contribution in [0.2, 0.25) is 0 Å². The first kappa shape index (κ1) is 10.4. The normalized spacial score (nSPS) is 26.6. The summed E-state index contributed by atoms with van der Waals surface area (Å²) in [5.74, 6) is 0. The van der Waals surface area contributed by atoms with Crippen molar-refractivity contribution in [2.75, 3.05) is 5.33 Å². The molecule has 0 radical (unpaired) electrons. The van der Waals surface area contributed by atoms with Gasteiger partial charge in [0, 0.05) is 10.7 Å². The highest BCUT2D eigenvalue weighted by Crippen LogP contribution is 2.37. The molecule has 1 aliphatic rings. The van der Waals surface area contributed by atoms with Gasteiger partial charge in [-0.05, 0) is 31.1 Å². The Bertz CT molecular complexity index is 307. The van der Waals surface area contributed by atoms with E-state index in [1.54, 1.807) is 11.3 Å². The van der Waals surface area contributed by atoms with E-state index < -0.39 is 0 Å². The molecule has 0 aliphatic heterocycles. The van der Waals surface area contributed by atoms with Gasteiger partial charge in [-0.1, -0.05) is 28.1 Å². The molecule has 3 heteroatoms. The molecule has 2 rings (SSSR count). The Hall–Kier alpha value is -0.150. The predicted octanol–water partition coefficient (Wildman–Crippen LogP) is 3.81. The summed E-state index contributed by atoms with van der Waals surface area (Å²) >= 11 is 5.35. The number of hydrogen-bond acceptors (Lipinski definition) is 2. The Balaban J connectivity index is 2.09. The summed E-state index contributed by atoms with van der Waals surface area (Å²) < 4.78 is 0. The van der Waals surface area contributed by atoms with E-state index in [2.05, 4.69) is 38.4 Å². The third-order valence-electron chi connectivity index (χ3n) is 2.88. The van der Waals surface area contributed by atoms with Crippen molar-refractivity contribution in [3.05, 3.63) is 28.7 Å². The smallest absolute Gasteiger partial charge is 0.0794 e. The minimum Gasteiger partial charge on any atom is -0.250 e. The molecule has 0 spiro atoms. The van der Waals surface area contributed by atoms with Gasteiger partial charge in [0.05, 0.1) is 11.2 Å². The predicted molar refractivity (Wildman–Crippen MR) is 65.0 cm³/mol. The highest BCUT2D eigenvalue weighted by Gasteiger charge is 2.29. The summed E-state index contributed by atoms with van der Waals surface area (Å²) in [7, 11) is 0. The van der Waals surface area contributed by atoms with Crippen molar-refractivity contribution < 1.29 is 0 Å². The van der Waals surface area contributed by atoms with Gasteiger partial charge in [-0.15, -0.1) is 11.3 Å². The summed E-state index contributed by atoms with van der Waals surface area (Å²) in [5, 5.41) is 3.25. The molecule has 1 aromatic heterocycles. The highest BCUT2D eigenvalue weighted by molar-refractivity contribution is 9.09. The molecule has 1 aromatic rings. The van der Waals surface area contributed by atoms with Crippen molar-refractivity contribution in [3.8, 4) is 0 Å². The van der Waals surface area contributed by atoms with E-state index in [0.29, 0.717) is 5.41 Å². The number of aromatic nitrogens is 1. The molecule has 0 N–H and O–H groups in total. The van der Waals surface area contributed by atoms with E-state index in [1.165, 1.54) is 25.0 Å². The van der Waals surface area contributed by atoms with Crippen molar-refractivity contribution in [3.63, 3.8) is 0 Å². The zero-order valence-electron chi connectivity index (χ0n) is 8.08. The summed E-state index contributed by atoms with van der Waals surface area (Å²) in [6.07, 6.45) is 9.42. The molecule has 0 bridgehead atoms. The van der Waals surface area contributed by atoms with Gasteiger partial charge < -0.3 is 0 Å². The Kier molecular flexibility index (Phi) is 3.39. The zero-order valence-corrected chi connectivity index (χ0v) is 10.5. The maximum absolute atomic E-state index is 4.38. The first-order chi connectivity index (χ1) is 6.85. The molecule has 0 amide bonds. The summed E-state index contributed by atoms with van der Waals surface area (Å²) in [6, 6.07) is 0. The van der Waals surface area contributed by atoms with Gasteiger partial charge in [0.25, 0.3) is 0 Å². The van der Waals surface area contributed by atoms with Crippen molar-refractivity contribution in [1.82, 2.24) is 4.98 Å². The fourth-order valence-corrected chi connectivity index (χ4v) is 3.25. The number of rotatable bonds is 3. The van der Waals surface area contributed by atoms with Gasteiger partial charge in [-0.2, -0.15) is 0 Å². The van der Waals surface area contributed by atoms with Crippen LogP contribution in [0.15, 0.2) is 23.0 Å². The molecule has 0 saturated heterocycles. The molecule has 14 heavy (non-hydrogen) atoms. The van der Waals surface area contributed by atoms with Crippen LogP contribution in [0.3, 0.4) is 0 Å². The molecule has 1 nitrogen and oxygen atoms in total. The van der Waals surface area contributed by atoms with Crippen LogP contribution >= 0.6 is 27.3 Å². The highest BCUT2D eigenvalue weighted by atomic mass is 79.9. The molecular weight excluding hydrogens is 258 g/mol. The number of halogens is 1. The van der Waals surface area contributed by atoms with E-state index in [9.17, 15) is 0 Å². The van der Waals surface area contributed by atoms with Crippen LogP contribution in [0.1, 0.15) is 25.0 Å². The van der Waals surface area contributed by atoms with E-state index >= 15 is 0 Å². The first-order valence-electron chi connectivity index (χ1n) is 4.93. The average Bonchev–Trinajstić information content (AvgIpc) is 2.72. The SMILES string of the molecule is BrCC1(Cc2cscn2)CC=CCC1. The van der Waals surface area contributed by atoms with Crippen molar-refractivity contribution in [2.45, 2.75) is 25.7 Å². The second kappa shape index (κ2) is 4.58. The van der Waals surface area contributed by atoms with Crippen molar-refractivity contribution in [1.29, 1.82) is 0 Å². The topological polar surface area (TPSA) is 12.9 Å². The van der Waals surface area contributed by atoms with Crippen LogP contribution in [0.5, 0.6) is 0 Å². The summed E-state index contributed by atoms with van der Waals surface area (Å²) in [4.78, 5) is 4.38. The van der Waals surface area contributed by atoms with Crippen molar-refractivity contribution in [2.24, 2.45) is 5.41 Å². The van der Waals surface area contributed by atoms with Crippen LogP contribution in [0.25, 0.3) is 0 Å². The lowest BCUT2D eigenvalue weighted by molar-refractivity contribution is 0.298. The average molecular weight is 272 g/mol. The van der Waals surface area contributed by atoms with Gasteiger partial charge in [0.1, 0.15) is 0 Å². The largest absolute Gasteiger partial charge is 0.250 e. The number of thiazole rings is 1. The Morgan fingerprint density at radius 2 is 2.43 bits per heavy atom.